The number of halogens is 2. The van der Waals surface area contributed by atoms with Crippen LogP contribution in [0.5, 0.6) is 0 Å². The summed E-state index contributed by atoms with van der Waals surface area (Å²) in [5.41, 5.74) is 0.123. The standard InChI is InChI=1S/C16H17F2N3O2/c17-11-7-12(18)9-13(8-11)20-16(22)15-3-1-2-6-21(15)10-14-4-5-19-23-14/h4-5,7-9,15H,1-3,6,10H2,(H,20,22). The molecule has 1 amide bonds. The molecular formula is C16H17F2N3O2. The van der Waals surface area contributed by atoms with Gasteiger partial charge >= 0.3 is 0 Å². The Labute approximate surface area is 132 Å². The molecule has 1 aromatic carbocycles. The van der Waals surface area contributed by atoms with Crippen LogP contribution in [0, 0.1) is 11.6 Å². The van der Waals surface area contributed by atoms with Crippen molar-refractivity contribution in [3.8, 4) is 0 Å². The summed E-state index contributed by atoms with van der Waals surface area (Å²) in [6.07, 6.45) is 4.18. The number of carbonyl (C=O) groups excluding carboxylic acids is 1. The lowest BCUT2D eigenvalue weighted by atomic mass is 10.0. The third-order valence-electron chi connectivity index (χ3n) is 3.90. The van der Waals surface area contributed by atoms with E-state index >= 15 is 0 Å². The van der Waals surface area contributed by atoms with Gasteiger partial charge in [-0.25, -0.2) is 8.78 Å². The van der Waals surface area contributed by atoms with Gasteiger partial charge in [-0.3, -0.25) is 9.69 Å². The summed E-state index contributed by atoms with van der Waals surface area (Å²) in [5.74, 6) is -1.03. The molecule has 1 atom stereocenters. The van der Waals surface area contributed by atoms with E-state index in [2.05, 4.69) is 10.5 Å². The first-order valence-electron chi connectivity index (χ1n) is 7.52. The maximum atomic E-state index is 13.2. The van der Waals surface area contributed by atoms with Crippen LogP contribution in [-0.4, -0.2) is 28.6 Å². The number of rotatable bonds is 4. The third kappa shape index (κ3) is 3.92. The van der Waals surface area contributed by atoms with E-state index in [1.54, 1.807) is 12.3 Å². The SMILES string of the molecule is O=C(Nc1cc(F)cc(F)c1)C1CCCCN1Cc1ccno1. The molecule has 0 saturated carbocycles. The maximum Gasteiger partial charge on any atom is 0.241 e. The Morgan fingerprint density at radius 3 is 2.78 bits per heavy atom. The lowest BCUT2D eigenvalue weighted by molar-refractivity contribution is -0.122. The van der Waals surface area contributed by atoms with Gasteiger partial charge in [0.15, 0.2) is 5.76 Å². The zero-order valence-corrected chi connectivity index (χ0v) is 12.5. The van der Waals surface area contributed by atoms with Gasteiger partial charge < -0.3 is 9.84 Å². The van der Waals surface area contributed by atoms with E-state index in [4.69, 9.17) is 4.52 Å². The minimum absolute atomic E-state index is 0.123. The highest BCUT2D eigenvalue weighted by atomic mass is 19.1. The van der Waals surface area contributed by atoms with Crippen molar-refractivity contribution in [2.24, 2.45) is 0 Å². The van der Waals surface area contributed by atoms with E-state index < -0.39 is 11.6 Å². The van der Waals surface area contributed by atoms with Crippen molar-refractivity contribution in [2.75, 3.05) is 11.9 Å². The van der Waals surface area contributed by atoms with Crippen molar-refractivity contribution in [3.05, 3.63) is 47.9 Å². The highest BCUT2D eigenvalue weighted by Crippen LogP contribution is 2.22. The van der Waals surface area contributed by atoms with Crippen LogP contribution in [0.15, 0.2) is 35.0 Å². The number of piperidine rings is 1. The Balaban J connectivity index is 1.70. The average Bonchev–Trinajstić information content (AvgIpc) is 2.99. The van der Waals surface area contributed by atoms with E-state index in [-0.39, 0.29) is 17.6 Å². The van der Waals surface area contributed by atoms with Crippen molar-refractivity contribution in [3.63, 3.8) is 0 Å². The number of carbonyl (C=O) groups is 1. The molecule has 23 heavy (non-hydrogen) atoms. The van der Waals surface area contributed by atoms with Crippen LogP contribution in [0.4, 0.5) is 14.5 Å². The Kier molecular flexibility index (Phi) is 4.66. The fourth-order valence-electron chi connectivity index (χ4n) is 2.85. The number of likely N-dealkylation sites (tertiary alicyclic amines) is 1. The number of nitrogens with zero attached hydrogens (tertiary/aromatic N) is 2. The third-order valence-corrected chi connectivity index (χ3v) is 3.90. The summed E-state index contributed by atoms with van der Waals surface area (Å²) >= 11 is 0. The molecule has 0 aliphatic carbocycles. The van der Waals surface area contributed by atoms with Crippen LogP contribution in [-0.2, 0) is 11.3 Å². The van der Waals surface area contributed by atoms with Crippen molar-refractivity contribution in [1.29, 1.82) is 0 Å². The summed E-state index contributed by atoms with van der Waals surface area (Å²) < 4.78 is 31.5. The zero-order chi connectivity index (χ0) is 16.2. The predicted octanol–water partition coefficient (Wildman–Crippen LogP) is 2.95. The fraction of sp³-hybridized carbons (Fsp3) is 0.375. The number of hydrogen-bond acceptors (Lipinski definition) is 4. The summed E-state index contributed by atoms with van der Waals surface area (Å²) in [5, 5.41) is 6.26. The Hall–Kier alpha value is -2.28. The van der Waals surface area contributed by atoms with Crippen LogP contribution < -0.4 is 5.32 Å². The lowest BCUT2D eigenvalue weighted by Crippen LogP contribution is -2.46. The van der Waals surface area contributed by atoms with Crippen LogP contribution in [0.1, 0.15) is 25.0 Å². The summed E-state index contributed by atoms with van der Waals surface area (Å²) in [6, 6.07) is 4.37. The number of aromatic nitrogens is 1. The zero-order valence-electron chi connectivity index (χ0n) is 12.5. The molecule has 5 nitrogen and oxygen atoms in total. The number of hydrogen-bond donors (Lipinski definition) is 1. The smallest absolute Gasteiger partial charge is 0.241 e. The van der Waals surface area contributed by atoms with Crippen molar-refractivity contribution < 1.29 is 18.1 Å². The minimum atomic E-state index is -0.720. The van der Waals surface area contributed by atoms with Gasteiger partial charge in [0.2, 0.25) is 5.91 Å². The van der Waals surface area contributed by atoms with E-state index in [1.807, 2.05) is 4.90 Å². The molecule has 0 radical (unpaired) electrons. The molecule has 1 aliphatic rings. The summed E-state index contributed by atoms with van der Waals surface area (Å²) in [7, 11) is 0. The lowest BCUT2D eigenvalue weighted by Gasteiger charge is -2.33. The number of anilines is 1. The minimum Gasteiger partial charge on any atom is -0.360 e. The summed E-state index contributed by atoms with van der Waals surface area (Å²) in [6.45, 7) is 1.24. The maximum absolute atomic E-state index is 13.2. The Bertz CT molecular complexity index is 656. The topological polar surface area (TPSA) is 58.4 Å². The largest absolute Gasteiger partial charge is 0.360 e. The molecule has 2 heterocycles. The number of amides is 1. The average molecular weight is 321 g/mol. The molecule has 2 aromatic rings. The van der Waals surface area contributed by atoms with Crippen molar-refractivity contribution in [1.82, 2.24) is 10.1 Å². The number of benzene rings is 1. The second-order valence-electron chi connectivity index (χ2n) is 5.61. The molecule has 0 spiro atoms. The van der Waals surface area contributed by atoms with Gasteiger partial charge in [-0.05, 0) is 31.5 Å². The molecule has 1 aliphatic heterocycles. The van der Waals surface area contributed by atoms with Crippen LogP contribution >= 0.6 is 0 Å². The first-order valence-corrected chi connectivity index (χ1v) is 7.52. The molecule has 7 heteroatoms. The van der Waals surface area contributed by atoms with E-state index in [1.165, 1.54) is 0 Å². The Morgan fingerprint density at radius 1 is 1.30 bits per heavy atom. The van der Waals surface area contributed by atoms with Gasteiger partial charge in [0, 0.05) is 17.8 Å². The van der Waals surface area contributed by atoms with Gasteiger partial charge in [-0.1, -0.05) is 11.6 Å². The highest BCUT2D eigenvalue weighted by Gasteiger charge is 2.29. The van der Waals surface area contributed by atoms with Gasteiger partial charge in [0.25, 0.3) is 0 Å². The van der Waals surface area contributed by atoms with Crippen molar-refractivity contribution >= 4 is 11.6 Å². The van der Waals surface area contributed by atoms with Crippen molar-refractivity contribution in [2.45, 2.75) is 31.8 Å². The Morgan fingerprint density at radius 2 is 2.09 bits per heavy atom. The van der Waals surface area contributed by atoms with Gasteiger partial charge in [-0.15, -0.1) is 0 Å². The summed E-state index contributed by atoms with van der Waals surface area (Å²) in [4.78, 5) is 14.5. The van der Waals surface area contributed by atoms with Crippen LogP contribution in [0.2, 0.25) is 0 Å². The first-order chi connectivity index (χ1) is 11.1. The molecule has 0 bridgehead atoms. The molecule has 3 rings (SSSR count). The van der Waals surface area contributed by atoms with E-state index in [9.17, 15) is 13.6 Å². The molecule has 1 fully saturated rings. The molecule has 1 unspecified atom stereocenters. The van der Waals surface area contributed by atoms with E-state index in [0.717, 1.165) is 37.6 Å². The normalized spacial score (nSPS) is 18.8. The first kappa shape index (κ1) is 15.6. The van der Waals surface area contributed by atoms with E-state index in [0.29, 0.717) is 18.7 Å². The molecular weight excluding hydrogens is 304 g/mol. The number of nitrogens with one attached hydrogen (secondary N) is 1. The highest BCUT2D eigenvalue weighted by molar-refractivity contribution is 5.94. The molecule has 1 aromatic heterocycles. The van der Waals surface area contributed by atoms with Gasteiger partial charge in [0.05, 0.1) is 18.8 Å². The second-order valence-corrected chi connectivity index (χ2v) is 5.61. The second kappa shape index (κ2) is 6.87. The monoisotopic (exact) mass is 321 g/mol. The molecule has 122 valence electrons. The van der Waals surface area contributed by atoms with Crippen LogP contribution in [0.3, 0.4) is 0 Å². The molecule has 1 saturated heterocycles. The predicted molar refractivity (Wildman–Crippen MR) is 79.5 cm³/mol. The van der Waals surface area contributed by atoms with Gasteiger partial charge in [0.1, 0.15) is 11.6 Å². The fourth-order valence-corrected chi connectivity index (χ4v) is 2.85. The van der Waals surface area contributed by atoms with Crippen LogP contribution in [0.25, 0.3) is 0 Å². The quantitative estimate of drug-likeness (QED) is 0.940. The molecule has 1 N–H and O–H groups in total. The van der Waals surface area contributed by atoms with Gasteiger partial charge in [-0.2, -0.15) is 0 Å².